The molecule has 0 bridgehead atoms. The van der Waals surface area contributed by atoms with Crippen LogP contribution in [0, 0.1) is 6.92 Å². The van der Waals surface area contributed by atoms with Crippen LogP contribution in [0.4, 0.5) is 11.4 Å². The molecular formula is C16H18N2O. The van der Waals surface area contributed by atoms with E-state index in [1.807, 2.05) is 74.4 Å². The molecule has 0 aliphatic heterocycles. The molecule has 3 nitrogen and oxygen atoms in total. The Morgan fingerprint density at radius 1 is 1.05 bits per heavy atom. The molecule has 0 aliphatic carbocycles. The number of carbonyl (C=O) groups is 1. The van der Waals surface area contributed by atoms with Gasteiger partial charge in [-0.25, -0.2) is 0 Å². The van der Waals surface area contributed by atoms with Crippen LogP contribution in [0.1, 0.15) is 15.9 Å². The third-order valence-electron chi connectivity index (χ3n) is 3.01. The highest BCUT2D eigenvalue weighted by Gasteiger charge is 2.08. The Morgan fingerprint density at radius 2 is 1.79 bits per heavy atom. The molecule has 0 radical (unpaired) electrons. The Balaban J connectivity index is 2.20. The first-order valence-electron chi connectivity index (χ1n) is 6.22. The van der Waals surface area contributed by atoms with Gasteiger partial charge in [0.05, 0.1) is 0 Å². The van der Waals surface area contributed by atoms with E-state index in [0.29, 0.717) is 5.56 Å². The summed E-state index contributed by atoms with van der Waals surface area (Å²) >= 11 is 0. The molecule has 0 aromatic heterocycles. The van der Waals surface area contributed by atoms with Crippen molar-refractivity contribution in [3.05, 3.63) is 59.7 Å². The minimum absolute atomic E-state index is 0.0750. The van der Waals surface area contributed by atoms with Gasteiger partial charge in [-0.3, -0.25) is 4.79 Å². The maximum Gasteiger partial charge on any atom is 0.255 e. The normalized spacial score (nSPS) is 10.1. The fraction of sp³-hybridized carbons (Fsp3) is 0.188. The first-order chi connectivity index (χ1) is 9.08. The number of hydrogen-bond donors (Lipinski definition) is 1. The molecule has 3 heteroatoms. The van der Waals surface area contributed by atoms with E-state index in [2.05, 4.69) is 5.32 Å². The second kappa shape index (κ2) is 5.57. The van der Waals surface area contributed by atoms with Gasteiger partial charge in [0.2, 0.25) is 0 Å². The van der Waals surface area contributed by atoms with Crippen molar-refractivity contribution in [1.82, 2.24) is 0 Å². The first kappa shape index (κ1) is 13.1. The lowest BCUT2D eigenvalue weighted by Gasteiger charge is -2.14. The molecule has 0 spiro atoms. The van der Waals surface area contributed by atoms with E-state index in [-0.39, 0.29) is 5.91 Å². The Hall–Kier alpha value is -2.29. The van der Waals surface area contributed by atoms with E-state index in [4.69, 9.17) is 0 Å². The van der Waals surface area contributed by atoms with E-state index in [1.54, 1.807) is 0 Å². The zero-order chi connectivity index (χ0) is 13.8. The summed E-state index contributed by atoms with van der Waals surface area (Å²) in [5, 5.41) is 2.93. The summed E-state index contributed by atoms with van der Waals surface area (Å²) in [7, 11) is 3.95. The molecule has 98 valence electrons. The van der Waals surface area contributed by atoms with Crippen LogP contribution < -0.4 is 10.2 Å². The highest BCUT2D eigenvalue weighted by molar-refractivity contribution is 6.05. The van der Waals surface area contributed by atoms with Crippen molar-refractivity contribution >= 4 is 17.3 Å². The lowest BCUT2D eigenvalue weighted by atomic mass is 10.1. The van der Waals surface area contributed by atoms with Crippen LogP contribution in [-0.4, -0.2) is 20.0 Å². The molecule has 1 amide bonds. The summed E-state index contributed by atoms with van der Waals surface area (Å²) in [5.74, 6) is -0.0750. The highest BCUT2D eigenvalue weighted by atomic mass is 16.1. The van der Waals surface area contributed by atoms with Crippen molar-refractivity contribution in [2.45, 2.75) is 6.92 Å². The maximum atomic E-state index is 12.2. The predicted octanol–water partition coefficient (Wildman–Crippen LogP) is 3.31. The zero-order valence-electron chi connectivity index (χ0n) is 11.5. The number of nitrogens with one attached hydrogen (secondary N) is 1. The maximum absolute atomic E-state index is 12.2. The second-order valence-electron chi connectivity index (χ2n) is 4.71. The quantitative estimate of drug-likeness (QED) is 0.911. The van der Waals surface area contributed by atoms with E-state index < -0.39 is 0 Å². The van der Waals surface area contributed by atoms with Gasteiger partial charge in [-0.05, 0) is 36.8 Å². The number of aryl methyl sites for hydroxylation is 1. The van der Waals surface area contributed by atoms with E-state index in [9.17, 15) is 4.79 Å². The van der Waals surface area contributed by atoms with Crippen molar-refractivity contribution in [1.29, 1.82) is 0 Å². The molecule has 0 fully saturated rings. The molecule has 0 aliphatic rings. The van der Waals surface area contributed by atoms with Crippen LogP contribution in [0.25, 0.3) is 0 Å². The van der Waals surface area contributed by atoms with E-state index in [1.165, 1.54) is 0 Å². The van der Waals surface area contributed by atoms with Gasteiger partial charge in [-0.15, -0.1) is 0 Å². The average Bonchev–Trinajstić information content (AvgIpc) is 2.39. The first-order valence-corrected chi connectivity index (χ1v) is 6.22. The van der Waals surface area contributed by atoms with Crippen molar-refractivity contribution in [3.8, 4) is 0 Å². The molecule has 0 saturated carbocycles. The summed E-state index contributed by atoms with van der Waals surface area (Å²) in [4.78, 5) is 14.2. The standard InChI is InChI=1S/C16H18N2O/c1-12-7-4-5-10-15(12)16(19)17-13-8-6-9-14(11-13)18(2)3/h4-11H,1-3H3,(H,17,19). The van der Waals surface area contributed by atoms with Crippen LogP contribution in [0.3, 0.4) is 0 Å². The van der Waals surface area contributed by atoms with Gasteiger partial charge in [0, 0.05) is 31.0 Å². The Kier molecular flexibility index (Phi) is 3.85. The lowest BCUT2D eigenvalue weighted by molar-refractivity contribution is 0.102. The molecule has 2 rings (SSSR count). The SMILES string of the molecule is Cc1ccccc1C(=O)Nc1cccc(N(C)C)c1. The fourth-order valence-electron chi connectivity index (χ4n) is 1.89. The number of rotatable bonds is 3. The van der Waals surface area contributed by atoms with Gasteiger partial charge < -0.3 is 10.2 Å². The Bertz CT molecular complexity index is 591. The molecule has 2 aromatic rings. The predicted molar refractivity (Wildman–Crippen MR) is 79.9 cm³/mol. The van der Waals surface area contributed by atoms with E-state index >= 15 is 0 Å². The third kappa shape index (κ3) is 3.13. The lowest BCUT2D eigenvalue weighted by Crippen LogP contribution is -2.14. The van der Waals surface area contributed by atoms with Crippen LogP contribution in [0.2, 0.25) is 0 Å². The number of carbonyl (C=O) groups excluding carboxylic acids is 1. The monoisotopic (exact) mass is 254 g/mol. The van der Waals surface area contributed by atoms with Crippen molar-refractivity contribution in [2.75, 3.05) is 24.3 Å². The van der Waals surface area contributed by atoms with Gasteiger partial charge in [-0.1, -0.05) is 24.3 Å². The van der Waals surface area contributed by atoms with Gasteiger partial charge in [0.1, 0.15) is 0 Å². The summed E-state index contributed by atoms with van der Waals surface area (Å²) in [5.41, 5.74) is 3.54. The van der Waals surface area contributed by atoms with Crippen LogP contribution in [0.5, 0.6) is 0 Å². The number of hydrogen-bond acceptors (Lipinski definition) is 2. The molecule has 2 aromatic carbocycles. The number of benzene rings is 2. The van der Waals surface area contributed by atoms with Crippen LogP contribution >= 0.6 is 0 Å². The highest BCUT2D eigenvalue weighted by Crippen LogP contribution is 2.18. The smallest absolute Gasteiger partial charge is 0.255 e. The molecular weight excluding hydrogens is 236 g/mol. The topological polar surface area (TPSA) is 32.3 Å². The zero-order valence-corrected chi connectivity index (χ0v) is 11.5. The average molecular weight is 254 g/mol. The minimum atomic E-state index is -0.0750. The second-order valence-corrected chi connectivity index (χ2v) is 4.71. The molecule has 0 atom stereocenters. The minimum Gasteiger partial charge on any atom is -0.378 e. The van der Waals surface area contributed by atoms with Crippen molar-refractivity contribution in [3.63, 3.8) is 0 Å². The van der Waals surface area contributed by atoms with Crippen molar-refractivity contribution in [2.24, 2.45) is 0 Å². The molecule has 1 N–H and O–H groups in total. The van der Waals surface area contributed by atoms with Gasteiger partial charge in [0.25, 0.3) is 5.91 Å². The van der Waals surface area contributed by atoms with Gasteiger partial charge >= 0.3 is 0 Å². The molecule has 0 unspecified atom stereocenters. The number of anilines is 2. The number of amides is 1. The Morgan fingerprint density at radius 3 is 2.47 bits per heavy atom. The summed E-state index contributed by atoms with van der Waals surface area (Å²) in [6.45, 7) is 1.94. The van der Waals surface area contributed by atoms with Crippen LogP contribution in [0.15, 0.2) is 48.5 Å². The molecule has 0 heterocycles. The van der Waals surface area contributed by atoms with Crippen LogP contribution in [-0.2, 0) is 0 Å². The largest absolute Gasteiger partial charge is 0.378 e. The van der Waals surface area contributed by atoms with Crippen molar-refractivity contribution < 1.29 is 4.79 Å². The third-order valence-corrected chi connectivity index (χ3v) is 3.01. The Labute approximate surface area is 113 Å². The molecule has 0 saturated heterocycles. The molecule has 19 heavy (non-hydrogen) atoms. The number of nitrogens with zero attached hydrogens (tertiary/aromatic N) is 1. The summed E-state index contributed by atoms with van der Waals surface area (Å²) in [6.07, 6.45) is 0. The fourth-order valence-corrected chi connectivity index (χ4v) is 1.89. The van der Waals surface area contributed by atoms with Gasteiger partial charge in [-0.2, -0.15) is 0 Å². The van der Waals surface area contributed by atoms with Gasteiger partial charge in [0.15, 0.2) is 0 Å². The summed E-state index contributed by atoms with van der Waals surface area (Å²) in [6, 6.07) is 15.4. The summed E-state index contributed by atoms with van der Waals surface area (Å²) < 4.78 is 0. The van der Waals surface area contributed by atoms with E-state index in [0.717, 1.165) is 16.9 Å².